The van der Waals surface area contributed by atoms with Gasteiger partial charge in [-0.2, -0.15) is 0 Å². The van der Waals surface area contributed by atoms with Crippen LogP contribution in [0.1, 0.15) is 43.2 Å². The summed E-state index contributed by atoms with van der Waals surface area (Å²) in [7, 11) is 0. The van der Waals surface area contributed by atoms with E-state index in [9.17, 15) is 14.4 Å². The minimum absolute atomic E-state index is 0.186. The first-order valence-corrected chi connectivity index (χ1v) is 15.8. The van der Waals surface area contributed by atoms with E-state index in [0.717, 1.165) is 54.4 Å². The number of esters is 3. The van der Waals surface area contributed by atoms with Crippen molar-refractivity contribution in [3.63, 3.8) is 0 Å². The third-order valence-electron chi connectivity index (χ3n) is 7.45. The lowest BCUT2D eigenvalue weighted by atomic mass is 9.83. The molecule has 0 bridgehead atoms. The lowest BCUT2D eigenvalue weighted by molar-refractivity contribution is -0.146. The van der Waals surface area contributed by atoms with Crippen molar-refractivity contribution in [2.75, 3.05) is 52.9 Å². The van der Waals surface area contributed by atoms with Crippen LogP contribution in [0.3, 0.4) is 0 Å². The molecule has 3 rings (SSSR count). The third kappa shape index (κ3) is 15.2. The van der Waals surface area contributed by atoms with Gasteiger partial charge in [0.15, 0.2) is 0 Å². The Hall–Kier alpha value is -4.15. The fraction of sp³-hybridized carbons (Fsp3) is 0.472. The summed E-state index contributed by atoms with van der Waals surface area (Å²) in [5.74, 6) is 1.19. The van der Waals surface area contributed by atoms with E-state index in [1.807, 2.05) is 48.5 Å². The van der Waals surface area contributed by atoms with Gasteiger partial charge in [0.25, 0.3) is 0 Å². The van der Waals surface area contributed by atoms with Crippen LogP contribution in [0.4, 0.5) is 0 Å². The highest BCUT2D eigenvalue weighted by Crippen LogP contribution is 2.29. The summed E-state index contributed by atoms with van der Waals surface area (Å²) >= 11 is 0. The van der Waals surface area contributed by atoms with Crippen LogP contribution in [0.2, 0.25) is 0 Å². The van der Waals surface area contributed by atoms with E-state index in [4.69, 9.17) is 33.2 Å². The normalized spacial score (nSPS) is 15.7. The number of carbonyl (C=O) groups is 3. The van der Waals surface area contributed by atoms with E-state index >= 15 is 0 Å². The number of hydrogen-bond donors (Lipinski definition) is 0. The summed E-state index contributed by atoms with van der Waals surface area (Å²) in [4.78, 5) is 34.4. The minimum atomic E-state index is -0.466. The number of rotatable bonds is 22. The first kappa shape index (κ1) is 36.3. The van der Waals surface area contributed by atoms with Crippen LogP contribution in [0.25, 0.3) is 0 Å². The van der Waals surface area contributed by atoms with E-state index in [0.29, 0.717) is 77.5 Å². The Morgan fingerprint density at radius 1 is 0.609 bits per heavy atom. The number of carbonyl (C=O) groups excluding carboxylic acids is 3. The molecule has 250 valence electrons. The van der Waals surface area contributed by atoms with Crippen molar-refractivity contribution in [3.8, 4) is 11.5 Å². The van der Waals surface area contributed by atoms with Crippen LogP contribution >= 0.6 is 0 Å². The number of aryl methyl sites for hydroxylation is 1. The Labute approximate surface area is 271 Å². The standard InChI is InChI=1S/C36H46O10/c1-3-34(37)43-24-22-41-20-19-40-21-23-42-32-16-11-31(12-17-32)25-44-33-14-9-28(10-15-33)13-18-36(39)46-27-30-7-5-29(6-8-30)26-45-35(38)4-2/h3-4,9-12,14-17,29-30H,1-2,5-8,13,18-27H2. The van der Waals surface area contributed by atoms with Gasteiger partial charge in [-0.15, -0.1) is 0 Å². The van der Waals surface area contributed by atoms with E-state index in [1.165, 1.54) is 6.08 Å². The zero-order valence-electron chi connectivity index (χ0n) is 26.5. The quantitative estimate of drug-likeness (QED) is 0.0717. The largest absolute Gasteiger partial charge is 0.491 e. The van der Waals surface area contributed by atoms with Gasteiger partial charge in [-0.1, -0.05) is 37.4 Å². The van der Waals surface area contributed by atoms with Gasteiger partial charge in [-0.05, 0) is 79.3 Å². The van der Waals surface area contributed by atoms with Gasteiger partial charge in [0.05, 0.1) is 39.6 Å². The third-order valence-corrected chi connectivity index (χ3v) is 7.45. The topological polar surface area (TPSA) is 116 Å². The van der Waals surface area contributed by atoms with Crippen molar-refractivity contribution in [2.45, 2.75) is 45.1 Å². The van der Waals surface area contributed by atoms with Crippen LogP contribution in [0.15, 0.2) is 73.8 Å². The molecule has 0 saturated heterocycles. The summed E-state index contributed by atoms with van der Waals surface area (Å²) in [5, 5.41) is 0. The van der Waals surface area contributed by atoms with Crippen molar-refractivity contribution < 1.29 is 47.5 Å². The van der Waals surface area contributed by atoms with E-state index in [-0.39, 0.29) is 18.5 Å². The SMILES string of the molecule is C=CC(=O)OCCOCCOCCOc1ccc(COc2ccc(CCC(=O)OCC3CCC(COC(=O)C=C)CC3)cc2)cc1. The molecule has 0 radical (unpaired) electrons. The maximum absolute atomic E-state index is 12.3. The fourth-order valence-electron chi connectivity index (χ4n) is 4.75. The second kappa shape index (κ2) is 21.6. The number of benzene rings is 2. The summed E-state index contributed by atoms with van der Waals surface area (Å²) < 4.78 is 37.9. The molecule has 0 amide bonds. The zero-order chi connectivity index (χ0) is 32.8. The Kier molecular flexibility index (Phi) is 17.0. The van der Waals surface area contributed by atoms with Gasteiger partial charge in [0.1, 0.15) is 31.3 Å². The zero-order valence-corrected chi connectivity index (χ0v) is 26.5. The highest BCUT2D eigenvalue weighted by molar-refractivity contribution is 5.81. The molecule has 1 fully saturated rings. The maximum Gasteiger partial charge on any atom is 0.330 e. The van der Waals surface area contributed by atoms with Crippen LogP contribution < -0.4 is 9.47 Å². The summed E-state index contributed by atoms with van der Waals surface area (Å²) in [6.45, 7) is 10.2. The van der Waals surface area contributed by atoms with Crippen LogP contribution in [0, 0.1) is 11.8 Å². The summed E-state index contributed by atoms with van der Waals surface area (Å²) in [5.41, 5.74) is 2.05. The Morgan fingerprint density at radius 2 is 1.11 bits per heavy atom. The lowest BCUT2D eigenvalue weighted by Crippen LogP contribution is -2.23. The average molecular weight is 639 g/mol. The molecule has 0 aliphatic heterocycles. The van der Waals surface area contributed by atoms with Crippen LogP contribution in [-0.4, -0.2) is 70.8 Å². The van der Waals surface area contributed by atoms with Gasteiger partial charge in [-0.3, -0.25) is 4.79 Å². The summed E-state index contributed by atoms with van der Waals surface area (Å²) in [6, 6.07) is 15.4. The maximum atomic E-state index is 12.3. The number of hydrogen-bond acceptors (Lipinski definition) is 10. The van der Waals surface area contributed by atoms with E-state index in [1.54, 1.807) is 0 Å². The molecular formula is C36H46O10. The molecule has 0 N–H and O–H groups in total. The molecule has 2 aromatic rings. The molecular weight excluding hydrogens is 592 g/mol. The molecule has 2 aromatic carbocycles. The molecule has 1 aliphatic carbocycles. The van der Waals surface area contributed by atoms with Crippen molar-refractivity contribution in [2.24, 2.45) is 11.8 Å². The lowest BCUT2D eigenvalue weighted by Gasteiger charge is -2.27. The van der Waals surface area contributed by atoms with E-state index < -0.39 is 5.97 Å². The van der Waals surface area contributed by atoms with Gasteiger partial charge in [-0.25, -0.2) is 9.59 Å². The Balaban J connectivity index is 1.21. The Morgan fingerprint density at radius 3 is 1.72 bits per heavy atom. The first-order chi connectivity index (χ1) is 22.4. The highest BCUT2D eigenvalue weighted by atomic mass is 16.6. The van der Waals surface area contributed by atoms with Crippen molar-refractivity contribution in [1.82, 2.24) is 0 Å². The van der Waals surface area contributed by atoms with Crippen molar-refractivity contribution >= 4 is 17.9 Å². The molecule has 0 spiro atoms. The van der Waals surface area contributed by atoms with Crippen LogP contribution in [0.5, 0.6) is 11.5 Å². The molecule has 0 atom stereocenters. The molecule has 0 aromatic heterocycles. The predicted molar refractivity (Wildman–Crippen MR) is 171 cm³/mol. The fourth-order valence-corrected chi connectivity index (χ4v) is 4.75. The molecule has 46 heavy (non-hydrogen) atoms. The monoisotopic (exact) mass is 638 g/mol. The molecule has 1 saturated carbocycles. The van der Waals surface area contributed by atoms with Gasteiger partial charge in [0.2, 0.25) is 0 Å². The number of ether oxygens (including phenoxy) is 7. The van der Waals surface area contributed by atoms with Crippen molar-refractivity contribution in [1.29, 1.82) is 0 Å². The first-order valence-electron chi connectivity index (χ1n) is 15.8. The van der Waals surface area contributed by atoms with Gasteiger partial charge < -0.3 is 33.2 Å². The predicted octanol–water partition coefficient (Wildman–Crippen LogP) is 5.42. The van der Waals surface area contributed by atoms with Gasteiger partial charge in [0, 0.05) is 18.6 Å². The highest BCUT2D eigenvalue weighted by Gasteiger charge is 2.23. The molecule has 1 aliphatic rings. The van der Waals surface area contributed by atoms with Gasteiger partial charge >= 0.3 is 17.9 Å². The average Bonchev–Trinajstić information content (AvgIpc) is 3.09. The molecule has 10 heteroatoms. The molecule has 10 nitrogen and oxygen atoms in total. The second-order valence-corrected chi connectivity index (χ2v) is 10.9. The minimum Gasteiger partial charge on any atom is -0.491 e. The van der Waals surface area contributed by atoms with E-state index in [2.05, 4.69) is 13.2 Å². The molecule has 0 unspecified atom stereocenters. The summed E-state index contributed by atoms with van der Waals surface area (Å²) in [6.07, 6.45) is 7.11. The van der Waals surface area contributed by atoms with Crippen LogP contribution in [-0.2, 0) is 51.1 Å². The van der Waals surface area contributed by atoms with Crippen molar-refractivity contribution in [3.05, 3.63) is 85.0 Å². The molecule has 0 heterocycles. The Bertz CT molecular complexity index is 1200. The second-order valence-electron chi connectivity index (χ2n) is 10.9. The smallest absolute Gasteiger partial charge is 0.330 e.